The number of hydrogen-bond donors (Lipinski definition) is 1. The zero-order valence-corrected chi connectivity index (χ0v) is 9.21. The molecule has 6 heteroatoms. The van der Waals surface area contributed by atoms with Crippen molar-refractivity contribution in [1.29, 1.82) is 0 Å². The molecule has 1 aromatic heterocycles. The van der Waals surface area contributed by atoms with Gasteiger partial charge >= 0.3 is 0 Å². The number of carbonyl (C=O) groups excluding carboxylic acids is 1. The first-order valence-electron chi connectivity index (χ1n) is 7.84. The third-order valence-corrected chi connectivity index (χ3v) is 2.81. The van der Waals surface area contributed by atoms with Crippen LogP contribution in [0.15, 0.2) is 0 Å². The molecule has 0 radical (unpaired) electrons. The first kappa shape index (κ1) is 6.02. The highest BCUT2D eigenvalue weighted by Gasteiger charge is 2.23. The Labute approximate surface area is 108 Å². The molecule has 0 aliphatic carbocycles. The van der Waals surface area contributed by atoms with E-state index in [0.717, 1.165) is 13.0 Å². The van der Waals surface area contributed by atoms with E-state index < -0.39 is 19.9 Å². The van der Waals surface area contributed by atoms with E-state index in [9.17, 15) is 4.79 Å². The number of carbonyl (C=O) groups is 1. The maximum absolute atomic E-state index is 12.4. The highest BCUT2D eigenvalue weighted by Crippen LogP contribution is 2.23. The van der Waals surface area contributed by atoms with E-state index in [4.69, 9.17) is 19.8 Å². The van der Waals surface area contributed by atoms with E-state index in [-0.39, 0.29) is 15.6 Å². The number of aromatic nitrogens is 2. The van der Waals surface area contributed by atoms with Crippen molar-refractivity contribution in [3.8, 4) is 0 Å². The first-order valence-corrected chi connectivity index (χ1v) is 5.22. The molecule has 1 N–H and O–H groups in total. The van der Waals surface area contributed by atoms with Crippen LogP contribution in [0.1, 0.15) is 30.8 Å². The van der Waals surface area contributed by atoms with Crippen LogP contribution < -0.4 is 5.32 Å². The second kappa shape index (κ2) is 4.43. The molecule has 1 aromatic rings. The lowest BCUT2D eigenvalue weighted by Gasteiger charge is -2.07. The van der Waals surface area contributed by atoms with E-state index in [2.05, 4.69) is 10.4 Å². The van der Waals surface area contributed by atoms with Crippen LogP contribution in [-0.4, -0.2) is 41.1 Å². The topological polar surface area (TPSA) is 50.2 Å². The summed E-state index contributed by atoms with van der Waals surface area (Å²) >= 11 is 6.12. The minimum Gasteiger partial charge on any atom is -0.343 e. The van der Waals surface area contributed by atoms with Crippen molar-refractivity contribution in [2.75, 3.05) is 20.5 Å². The van der Waals surface area contributed by atoms with Crippen molar-refractivity contribution in [3.05, 3.63) is 16.4 Å². The number of aryl methyl sites for hydroxylation is 1. The summed E-state index contributed by atoms with van der Waals surface area (Å²) in [6, 6.07) is 0. The number of hydrogen-bond acceptors (Lipinski definition) is 3. The lowest BCUT2D eigenvalue weighted by atomic mass is 10.3. The molecule has 0 bridgehead atoms. The monoisotopic (exact) mass is 248 g/mol. The first-order chi connectivity index (χ1) is 10.0. The van der Waals surface area contributed by atoms with Crippen LogP contribution >= 0.6 is 11.6 Å². The normalized spacial score (nSPS) is 22.6. The van der Waals surface area contributed by atoms with Gasteiger partial charge in [0.05, 0.1) is 10.7 Å². The van der Waals surface area contributed by atoms with Gasteiger partial charge in [-0.3, -0.25) is 9.48 Å². The lowest BCUT2D eigenvalue weighted by Crippen LogP contribution is -2.22. The van der Waals surface area contributed by atoms with Gasteiger partial charge in [0.25, 0.3) is 5.91 Å². The Hall–Kier alpha value is -1.07. The molecule has 5 nitrogen and oxygen atoms in total. The molecule has 0 aromatic carbocycles. The molecule has 0 saturated heterocycles. The SMILES string of the molecule is [2H]C([2H])([2H])N(C(=O)c1nn2c(c1Cl)CNCCC2)C([2H])([2H])[2H]. The molecular weight excluding hydrogens is 228 g/mol. The summed E-state index contributed by atoms with van der Waals surface area (Å²) in [5.41, 5.74) is 0.186. The highest BCUT2D eigenvalue weighted by atomic mass is 35.5. The van der Waals surface area contributed by atoms with Gasteiger partial charge in [-0.1, -0.05) is 11.6 Å². The second-order valence-electron chi connectivity index (χ2n) is 3.50. The zero-order chi connectivity index (χ0) is 16.7. The molecule has 2 heterocycles. The maximum Gasteiger partial charge on any atom is 0.275 e. The van der Waals surface area contributed by atoms with E-state index >= 15 is 0 Å². The van der Waals surface area contributed by atoms with Crippen LogP contribution in [0.3, 0.4) is 0 Å². The molecule has 0 spiro atoms. The van der Waals surface area contributed by atoms with Crippen LogP contribution in [-0.2, 0) is 13.1 Å². The maximum atomic E-state index is 12.4. The van der Waals surface area contributed by atoms with Gasteiger partial charge < -0.3 is 10.2 Å². The predicted octanol–water partition coefficient (Wildman–Crippen LogP) is 0.732. The van der Waals surface area contributed by atoms with E-state index in [1.807, 2.05) is 0 Å². The van der Waals surface area contributed by atoms with E-state index in [1.165, 1.54) is 4.68 Å². The van der Waals surface area contributed by atoms with Crippen LogP contribution in [0.2, 0.25) is 5.02 Å². The van der Waals surface area contributed by atoms with Gasteiger partial charge in [0.1, 0.15) is 0 Å². The highest BCUT2D eigenvalue weighted by molar-refractivity contribution is 6.34. The van der Waals surface area contributed by atoms with Gasteiger partial charge in [-0.2, -0.15) is 5.10 Å². The van der Waals surface area contributed by atoms with Crippen LogP contribution in [0, 0.1) is 0 Å². The Morgan fingerprint density at radius 3 is 3.25 bits per heavy atom. The number of fused-ring (bicyclic) bond motifs is 1. The Morgan fingerprint density at radius 1 is 1.69 bits per heavy atom. The molecule has 1 amide bonds. The van der Waals surface area contributed by atoms with Crippen molar-refractivity contribution in [3.63, 3.8) is 0 Å². The Kier molecular flexibility index (Phi) is 1.67. The third-order valence-electron chi connectivity index (χ3n) is 2.42. The quantitative estimate of drug-likeness (QED) is 0.797. The smallest absolute Gasteiger partial charge is 0.275 e. The lowest BCUT2D eigenvalue weighted by molar-refractivity contribution is 0.0821. The molecule has 0 fully saturated rings. The molecule has 1 aliphatic heterocycles. The summed E-state index contributed by atoms with van der Waals surface area (Å²) in [5, 5.41) is 7.09. The summed E-state index contributed by atoms with van der Waals surface area (Å²) < 4.78 is 45.2. The van der Waals surface area contributed by atoms with E-state index in [0.29, 0.717) is 18.8 Å². The van der Waals surface area contributed by atoms with Crippen LogP contribution in [0.5, 0.6) is 0 Å². The summed E-state index contributed by atoms with van der Waals surface area (Å²) in [7, 11) is 0. The fraction of sp³-hybridized carbons (Fsp3) is 0.600. The largest absolute Gasteiger partial charge is 0.343 e. The molecule has 1 aliphatic rings. The minimum absolute atomic E-state index is 0.0158. The van der Waals surface area contributed by atoms with Crippen LogP contribution in [0.4, 0.5) is 0 Å². The molecule has 2 rings (SSSR count). The number of nitrogens with one attached hydrogen (secondary N) is 1. The number of nitrogens with zero attached hydrogens (tertiary/aromatic N) is 3. The van der Waals surface area contributed by atoms with Crippen molar-refractivity contribution >= 4 is 17.5 Å². The van der Waals surface area contributed by atoms with Crippen LogP contribution in [0.25, 0.3) is 0 Å². The number of rotatable bonds is 1. The average Bonchev–Trinajstić information content (AvgIpc) is 2.53. The second-order valence-corrected chi connectivity index (χ2v) is 3.88. The molecular formula is C10H15ClN4O. The molecule has 16 heavy (non-hydrogen) atoms. The minimum atomic E-state index is -3.12. The van der Waals surface area contributed by atoms with Gasteiger partial charge in [0, 0.05) is 35.3 Å². The standard InChI is InChI=1S/C10H15ClN4O/c1-14(2)10(16)9-8(11)7-6-12-4-3-5-15(7)13-9/h12H,3-6H2,1-2H3/i1D3,2D3. The van der Waals surface area contributed by atoms with Gasteiger partial charge in [-0.15, -0.1) is 0 Å². The zero-order valence-electron chi connectivity index (χ0n) is 14.5. The molecule has 0 saturated carbocycles. The third kappa shape index (κ3) is 1.92. The molecule has 0 unspecified atom stereocenters. The summed E-state index contributed by atoms with van der Waals surface area (Å²) in [4.78, 5) is 12.3. The number of halogens is 1. The van der Waals surface area contributed by atoms with Gasteiger partial charge in [-0.05, 0) is 13.0 Å². The van der Waals surface area contributed by atoms with Crippen molar-refractivity contribution in [2.45, 2.75) is 19.5 Å². The van der Waals surface area contributed by atoms with Gasteiger partial charge in [0.2, 0.25) is 0 Å². The van der Waals surface area contributed by atoms with Crippen molar-refractivity contribution in [2.24, 2.45) is 0 Å². The molecule has 0 atom stereocenters. The average molecular weight is 249 g/mol. The predicted molar refractivity (Wildman–Crippen MR) is 61.6 cm³/mol. The Balaban J connectivity index is 2.44. The van der Waals surface area contributed by atoms with Crippen molar-refractivity contribution < 1.29 is 13.0 Å². The molecule has 88 valence electrons. The number of amides is 1. The Morgan fingerprint density at radius 2 is 2.50 bits per heavy atom. The van der Waals surface area contributed by atoms with Gasteiger partial charge in [-0.25, -0.2) is 0 Å². The van der Waals surface area contributed by atoms with Gasteiger partial charge in [0.15, 0.2) is 5.69 Å². The summed E-state index contributed by atoms with van der Waals surface area (Å²) in [5.74, 6) is -1.23. The van der Waals surface area contributed by atoms with E-state index in [1.54, 1.807) is 0 Å². The summed E-state index contributed by atoms with van der Waals surface area (Å²) in [6.07, 6.45) is 0.765. The Bertz CT molecular complexity index is 567. The fourth-order valence-corrected chi connectivity index (χ4v) is 1.91. The fourth-order valence-electron chi connectivity index (χ4n) is 1.63. The summed E-state index contributed by atoms with van der Waals surface area (Å²) in [6.45, 7) is -4.59. The van der Waals surface area contributed by atoms with Crippen molar-refractivity contribution in [1.82, 2.24) is 20.0 Å².